The maximum absolute atomic E-state index is 10.1. The molecule has 0 fully saturated rings. The SMILES string of the molecule is CCCCCC/C=[C]\S(=O)(=O)O. The predicted molar refractivity (Wildman–Crippen MR) is 48.1 cm³/mol. The van der Waals surface area contributed by atoms with Gasteiger partial charge in [0.1, 0.15) is 5.41 Å². The average Bonchev–Trinajstić information content (AvgIpc) is 1.94. The van der Waals surface area contributed by atoms with Crippen LogP contribution in [-0.4, -0.2) is 13.0 Å². The lowest BCUT2D eigenvalue weighted by atomic mass is 10.2. The maximum atomic E-state index is 10.1. The van der Waals surface area contributed by atoms with Crippen molar-refractivity contribution in [2.24, 2.45) is 0 Å². The molecule has 1 radical (unpaired) electrons. The predicted octanol–water partition coefficient (Wildman–Crippen LogP) is 2.16. The molecule has 0 aliphatic carbocycles. The van der Waals surface area contributed by atoms with E-state index in [0.717, 1.165) is 19.3 Å². The molecule has 0 unspecified atom stereocenters. The number of unbranched alkanes of at least 4 members (excludes halogenated alkanes) is 4. The molecule has 1 N–H and O–H groups in total. The number of rotatable bonds is 6. The Kier molecular flexibility index (Phi) is 6.02. The molecular weight excluding hydrogens is 176 g/mol. The Morgan fingerprint density at radius 2 is 2.00 bits per heavy atom. The Balaban J connectivity index is 3.38. The lowest BCUT2D eigenvalue weighted by molar-refractivity contribution is 0.492. The van der Waals surface area contributed by atoms with Gasteiger partial charge in [-0.2, -0.15) is 8.42 Å². The van der Waals surface area contributed by atoms with E-state index in [2.05, 4.69) is 6.92 Å². The first-order valence-electron chi connectivity index (χ1n) is 4.12. The summed E-state index contributed by atoms with van der Waals surface area (Å²) in [6.07, 6.45) is 6.41. The van der Waals surface area contributed by atoms with Crippen LogP contribution in [0.5, 0.6) is 0 Å². The molecule has 0 aromatic heterocycles. The molecule has 0 saturated heterocycles. The summed E-state index contributed by atoms with van der Waals surface area (Å²) in [5.41, 5.74) is 0. The fourth-order valence-corrected chi connectivity index (χ4v) is 1.17. The third kappa shape index (κ3) is 9.65. The molecule has 4 heteroatoms. The van der Waals surface area contributed by atoms with Gasteiger partial charge in [-0.3, -0.25) is 4.55 Å². The van der Waals surface area contributed by atoms with Crippen molar-refractivity contribution >= 4 is 10.1 Å². The van der Waals surface area contributed by atoms with Gasteiger partial charge in [-0.25, -0.2) is 0 Å². The van der Waals surface area contributed by atoms with Crippen LogP contribution in [0, 0.1) is 5.41 Å². The van der Waals surface area contributed by atoms with Crippen molar-refractivity contribution in [1.82, 2.24) is 0 Å². The zero-order valence-electron chi connectivity index (χ0n) is 7.28. The van der Waals surface area contributed by atoms with Crippen LogP contribution in [0.25, 0.3) is 0 Å². The number of allylic oxidation sites excluding steroid dienone is 1. The third-order valence-electron chi connectivity index (χ3n) is 1.43. The highest BCUT2D eigenvalue weighted by Gasteiger charge is 1.94. The molecule has 0 amide bonds. The van der Waals surface area contributed by atoms with Crippen molar-refractivity contribution in [2.45, 2.75) is 39.0 Å². The fraction of sp³-hybridized carbons (Fsp3) is 0.750. The summed E-state index contributed by atoms with van der Waals surface area (Å²) in [5, 5.41) is 1.90. The summed E-state index contributed by atoms with van der Waals surface area (Å²) >= 11 is 0. The molecule has 0 bridgehead atoms. The highest BCUT2D eigenvalue weighted by Crippen LogP contribution is 2.02. The molecule has 12 heavy (non-hydrogen) atoms. The molecule has 0 aliphatic heterocycles. The minimum atomic E-state index is -4.02. The zero-order valence-corrected chi connectivity index (χ0v) is 8.10. The highest BCUT2D eigenvalue weighted by atomic mass is 32.2. The van der Waals surface area contributed by atoms with Crippen molar-refractivity contribution in [3.63, 3.8) is 0 Å². The summed E-state index contributed by atoms with van der Waals surface area (Å²) < 4.78 is 28.5. The van der Waals surface area contributed by atoms with Crippen molar-refractivity contribution in [3.8, 4) is 0 Å². The standard InChI is InChI=1S/C8H15O3S/c1-2-3-4-5-6-7-8-12(9,10)11/h7H,2-6H2,1H3,(H,9,10,11). The minimum absolute atomic E-state index is 0.666. The fourth-order valence-electron chi connectivity index (χ4n) is 0.837. The van der Waals surface area contributed by atoms with Crippen LogP contribution in [0.4, 0.5) is 0 Å². The summed E-state index contributed by atoms with van der Waals surface area (Å²) in [6.45, 7) is 2.11. The van der Waals surface area contributed by atoms with E-state index in [1.54, 1.807) is 0 Å². The lowest BCUT2D eigenvalue weighted by Gasteiger charge is -1.92. The molecule has 0 rings (SSSR count). The van der Waals surface area contributed by atoms with Crippen LogP contribution >= 0.6 is 0 Å². The topological polar surface area (TPSA) is 54.4 Å². The summed E-state index contributed by atoms with van der Waals surface area (Å²) in [5.74, 6) is 0. The van der Waals surface area contributed by atoms with E-state index in [9.17, 15) is 8.42 Å². The van der Waals surface area contributed by atoms with Crippen LogP contribution in [-0.2, 0) is 10.1 Å². The second-order valence-corrected chi connectivity index (χ2v) is 3.83. The Hall–Kier alpha value is -0.350. The van der Waals surface area contributed by atoms with Gasteiger partial charge in [0.2, 0.25) is 0 Å². The Labute approximate surface area is 74.2 Å². The first kappa shape index (κ1) is 11.6. The van der Waals surface area contributed by atoms with E-state index in [1.165, 1.54) is 12.5 Å². The van der Waals surface area contributed by atoms with E-state index < -0.39 is 10.1 Å². The first-order valence-corrected chi connectivity index (χ1v) is 5.56. The van der Waals surface area contributed by atoms with Crippen LogP contribution < -0.4 is 0 Å². The molecule has 0 aliphatic rings. The molecule has 0 atom stereocenters. The van der Waals surface area contributed by atoms with Gasteiger partial charge in [-0.1, -0.05) is 32.3 Å². The van der Waals surface area contributed by atoms with E-state index in [-0.39, 0.29) is 0 Å². The van der Waals surface area contributed by atoms with Crippen LogP contribution in [0.15, 0.2) is 6.08 Å². The Morgan fingerprint density at radius 3 is 2.50 bits per heavy atom. The average molecular weight is 191 g/mol. The second kappa shape index (κ2) is 6.20. The van der Waals surface area contributed by atoms with Crippen molar-refractivity contribution in [1.29, 1.82) is 0 Å². The van der Waals surface area contributed by atoms with E-state index in [0.29, 0.717) is 6.42 Å². The van der Waals surface area contributed by atoms with Crippen LogP contribution in [0.3, 0.4) is 0 Å². The molecule has 0 spiro atoms. The summed E-state index contributed by atoms with van der Waals surface area (Å²) in [7, 11) is -4.02. The van der Waals surface area contributed by atoms with Gasteiger partial charge >= 0.3 is 0 Å². The normalized spacial score (nSPS) is 12.5. The number of hydrogen-bond acceptors (Lipinski definition) is 2. The van der Waals surface area contributed by atoms with Gasteiger partial charge in [0.25, 0.3) is 10.1 Å². The van der Waals surface area contributed by atoms with Gasteiger partial charge in [-0.05, 0) is 12.8 Å². The largest absolute Gasteiger partial charge is 0.295 e. The molecule has 71 valence electrons. The first-order chi connectivity index (χ1) is 5.56. The minimum Gasteiger partial charge on any atom is -0.282 e. The molecule has 0 aromatic carbocycles. The molecule has 0 saturated carbocycles. The van der Waals surface area contributed by atoms with Gasteiger partial charge in [0, 0.05) is 0 Å². The number of hydrogen-bond donors (Lipinski definition) is 1. The maximum Gasteiger partial charge on any atom is 0.295 e. The van der Waals surface area contributed by atoms with Gasteiger partial charge in [0.05, 0.1) is 0 Å². The Morgan fingerprint density at radius 1 is 1.33 bits per heavy atom. The molecule has 3 nitrogen and oxygen atoms in total. The van der Waals surface area contributed by atoms with Gasteiger partial charge in [0.15, 0.2) is 0 Å². The third-order valence-corrected chi connectivity index (χ3v) is 1.90. The molecule has 0 heterocycles. The highest BCUT2D eigenvalue weighted by molar-refractivity contribution is 7.87. The van der Waals surface area contributed by atoms with E-state index in [1.807, 2.05) is 5.41 Å². The summed E-state index contributed by atoms with van der Waals surface area (Å²) in [4.78, 5) is 0. The smallest absolute Gasteiger partial charge is 0.282 e. The van der Waals surface area contributed by atoms with Crippen LogP contribution in [0.1, 0.15) is 39.0 Å². The second-order valence-electron chi connectivity index (χ2n) is 2.65. The van der Waals surface area contributed by atoms with Crippen molar-refractivity contribution in [2.75, 3.05) is 0 Å². The van der Waals surface area contributed by atoms with Crippen molar-refractivity contribution in [3.05, 3.63) is 11.5 Å². The lowest BCUT2D eigenvalue weighted by Crippen LogP contribution is -1.90. The zero-order chi connectivity index (χ0) is 9.45. The summed E-state index contributed by atoms with van der Waals surface area (Å²) in [6, 6.07) is 0. The quantitative estimate of drug-likeness (QED) is 0.517. The van der Waals surface area contributed by atoms with Gasteiger partial charge < -0.3 is 0 Å². The van der Waals surface area contributed by atoms with Gasteiger partial charge in [-0.15, -0.1) is 0 Å². The van der Waals surface area contributed by atoms with E-state index >= 15 is 0 Å². The van der Waals surface area contributed by atoms with E-state index in [4.69, 9.17) is 4.55 Å². The molecule has 0 aromatic rings. The monoisotopic (exact) mass is 191 g/mol. The Bertz CT molecular complexity index is 216. The van der Waals surface area contributed by atoms with Crippen LogP contribution in [0.2, 0.25) is 0 Å². The van der Waals surface area contributed by atoms with Crippen molar-refractivity contribution < 1.29 is 13.0 Å². The molecular formula is C8H15O3S.